The van der Waals surface area contributed by atoms with Crippen LogP contribution in [0.4, 0.5) is 10.1 Å². The number of halogens is 1. The van der Waals surface area contributed by atoms with E-state index < -0.39 is 49.3 Å². The highest BCUT2D eigenvalue weighted by atomic mass is 19.1. The van der Waals surface area contributed by atoms with Gasteiger partial charge in [-0.05, 0) is 113 Å². The van der Waals surface area contributed by atoms with Gasteiger partial charge in [0.05, 0.1) is 12.7 Å². The fourth-order valence-corrected chi connectivity index (χ4v) is 4.48. The number of fused-ring (bicyclic) bond motifs is 1. The Labute approximate surface area is 206 Å². The Morgan fingerprint density at radius 3 is 2.50 bits per heavy atom. The molecular weight excluding hydrogens is 399 g/mol. The third kappa shape index (κ3) is 3.98. The smallest absolute Gasteiger partial charge is 0.193 e. The zero-order valence-electron chi connectivity index (χ0n) is 29.0. The van der Waals surface area contributed by atoms with Gasteiger partial charge in [-0.25, -0.2) is 9.24 Å². The van der Waals surface area contributed by atoms with Crippen LogP contribution in [0.15, 0.2) is 18.2 Å². The Morgan fingerprint density at radius 1 is 1.22 bits per heavy atom. The molecule has 0 N–H and O–H groups in total. The molecule has 0 aromatic heterocycles. The van der Waals surface area contributed by atoms with Crippen LogP contribution in [0.3, 0.4) is 0 Å². The minimum absolute atomic E-state index is 0.154. The maximum atomic E-state index is 14.7. The molecule has 0 fully saturated rings. The molecule has 32 heavy (non-hydrogen) atoms. The molecule has 172 valence electrons. The number of hydrogen-bond donors (Lipinski definition) is 0. The summed E-state index contributed by atoms with van der Waals surface area (Å²) in [6.45, 7) is 12.7. The van der Waals surface area contributed by atoms with Crippen molar-refractivity contribution in [1.29, 1.82) is 0 Å². The molecular formula is C28H37FN2O. The van der Waals surface area contributed by atoms with Crippen LogP contribution < -0.4 is 0 Å². The molecule has 2 unspecified atom stereocenters. The average Bonchev–Trinajstić information content (AvgIpc) is 3.08. The summed E-state index contributed by atoms with van der Waals surface area (Å²) >= 11 is 0. The summed E-state index contributed by atoms with van der Waals surface area (Å²) in [5.41, 5.74) is 0.624. The molecule has 0 bridgehead atoms. The minimum atomic E-state index is -3.27. The number of benzene rings is 2. The monoisotopic (exact) mass is 445 g/mol. The van der Waals surface area contributed by atoms with E-state index in [2.05, 4.69) is 4.85 Å². The van der Waals surface area contributed by atoms with Gasteiger partial charge in [0.2, 0.25) is 0 Å². The van der Waals surface area contributed by atoms with Crippen molar-refractivity contribution in [2.24, 2.45) is 5.89 Å². The van der Waals surface area contributed by atoms with E-state index in [1.165, 1.54) is 13.0 Å². The normalized spacial score (nSPS) is 27.9. The summed E-state index contributed by atoms with van der Waals surface area (Å²) in [6, 6.07) is 2.03. The summed E-state index contributed by atoms with van der Waals surface area (Å²) < 4.78 is 100. The Bertz CT molecular complexity index is 1410. The van der Waals surface area contributed by atoms with Crippen molar-refractivity contribution in [3.63, 3.8) is 0 Å². The van der Waals surface area contributed by atoms with Crippen molar-refractivity contribution in [2.75, 3.05) is 13.5 Å². The fourth-order valence-electron chi connectivity index (χ4n) is 4.48. The number of rotatable bonds is 6. The maximum absolute atomic E-state index is 14.7. The molecule has 3 nitrogen and oxygen atoms in total. The van der Waals surface area contributed by atoms with Gasteiger partial charge in [0, 0.05) is 24.9 Å². The third-order valence-corrected chi connectivity index (χ3v) is 6.23. The first-order valence-corrected chi connectivity index (χ1v) is 10.6. The van der Waals surface area contributed by atoms with Crippen LogP contribution in [-0.4, -0.2) is 24.4 Å². The molecule has 0 radical (unpaired) electrons. The Morgan fingerprint density at radius 2 is 1.91 bits per heavy atom. The molecule has 0 spiro atoms. The van der Waals surface area contributed by atoms with E-state index in [9.17, 15) is 8.50 Å². The predicted molar refractivity (Wildman–Crippen MR) is 130 cm³/mol. The summed E-state index contributed by atoms with van der Waals surface area (Å²) in [5.74, 6) is -3.46. The van der Waals surface area contributed by atoms with Crippen molar-refractivity contribution < 1.29 is 21.5 Å². The molecule has 0 aliphatic carbocycles. The van der Waals surface area contributed by atoms with Gasteiger partial charge in [-0.15, -0.1) is 0 Å². The SMILES string of the molecule is [2H]C([2H])([2H])N(C([2H])(C)C)C([2H])([2H])C([2H])(C)C([2H])([2H])[C@@]1(c2ccc(F)c(C)c2C)OC(C)c2c1cc(C)c([N+]#[C-])c2C. The lowest BCUT2D eigenvalue weighted by Gasteiger charge is -2.37. The molecule has 0 saturated heterocycles. The van der Waals surface area contributed by atoms with Crippen molar-refractivity contribution >= 4 is 5.69 Å². The molecule has 2 aromatic carbocycles. The second kappa shape index (κ2) is 8.96. The van der Waals surface area contributed by atoms with Gasteiger partial charge in [0.25, 0.3) is 0 Å². The van der Waals surface area contributed by atoms with Crippen molar-refractivity contribution in [3.8, 4) is 0 Å². The zero-order valence-corrected chi connectivity index (χ0v) is 20.0. The van der Waals surface area contributed by atoms with Crippen LogP contribution in [0.1, 0.15) is 91.5 Å². The standard InChI is InChI=1S/C28H37FN2O/c1-16(2)31(10)15-17(3)14-28(23-11-12-25(29)20(6)19(23)5)24-13-18(4)27(30-9)21(7)26(24)22(8)32-28/h11-13,16-17,22H,14-15H2,1-8,10H3/t17?,22?,28-/m0/s1/i10D3,14D2,15D2,16D,17D. The maximum Gasteiger partial charge on any atom is 0.193 e. The van der Waals surface area contributed by atoms with Crippen LogP contribution >= 0.6 is 0 Å². The number of ether oxygens (including phenoxy) is 1. The van der Waals surface area contributed by atoms with Crippen LogP contribution in [0.2, 0.25) is 0 Å². The van der Waals surface area contributed by atoms with Gasteiger partial charge in [-0.1, -0.05) is 19.1 Å². The van der Waals surface area contributed by atoms with Crippen LogP contribution in [0.25, 0.3) is 4.85 Å². The van der Waals surface area contributed by atoms with Gasteiger partial charge in [0.1, 0.15) is 11.4 Å². The van der Waals surface area contributed by atoms with Crippen LogP contribution in [-0.2, 0) is 10.3 Å². The van der Waals surface area contributed by atoms with Gasteiger partial charge < -0.3 is 9.64 Å². The molecule has 3 atom stereocenters. The van der Waals surface area contributed by atoms with E-state index in [1.54, 1.807) is 33.8 Å². The summed E-state index contributed by atoms with van der Waals surface area (Å²) in [6.07, 6.45) is -3.87. The second-order valence-electron chi connectivity index (χ2n) is 8.67. The molecule has 1 aliphatic rings. The summed E-state index contributed by atoms with van der Waals surface area (Å²) in [5, 5.41) is 0. The quantitative estimate of drug-likeness (QED) is 0.434. The van der Waals surface area contributed by atoms with E-state index in [-0.39, 0.29) is 21.6 Å². The zero-order chi connectivity index (χ0) is 31.9. The van der Waals surface area contributed by atoms with E-state index in [0.29, 0.717) is 27.9 Å². The highest BCUT2D eigenvalue weighted by Crippen LogP contribution is 2.54. The second-order valence-corrected chi connectivity index (χ2v) is 8.67. The summed E-state index contributed by atoms with van der Waals surface area (Å²) in [7, 11) is 0. The lowest BCUT2D eigenvalue weighted by Crippen LogP contribution is -2.36. The molecule has 4 heteroatoms. The first-order valence-electron chi connectivity index (χ1n) is 15.1. The highest BCUT2D eigenvalue weighted by molar-refractivity contribution is 5.66. The van der Waals surface area contributed by atoms with Gasteiger partial charge in [0.15, 0.2) is 5.69 Å². The largest absolute Gasteiger partial charge is 0.358 e. The lowest BCUT2D eigenvalue weighted by molar-refractivity contribution is -0.0568. The van der Waals surface area contributed by atoms with E-state index in [1.807, 2.05) is 0 Å². The van der Waals surface area contributed by atoms with Crippen molar-refractivity contribution in [3.05, 3.63) is 74.4 Å². The first-order chi connectivity index (χ1) is 18.3. The van der Waals surface area contributed by atoms with E-state index in [4.69, 9.17) is 19.5 Å². The molecule has 1 aliphatic heterocycles. The van der Waals surface area contributed by atoms with Crippen LogP contribution in [0.5, 0.6) is 0 Å². The molecule has 3 rings (SSSR count). The van der Waals surface area contributed by atoms with Gasteiger partial charge in [-0.3, -0.25) is 0 Å². The van der Waals surface area contributed by atoms with Gasteiger partial charge in [-0.2, -0.15) is 0 Å². The van der Waals surface area contributed by atoms with E-state index in [0.717, 1.165) is 26.8 Å². The molecule has 2 aromatic rings. The molecule has 0 amide bonds. The van der Waals surface area contributed by atoms with Gasteiger partial charge >= 0.3 is 0 Å². The van der Waals surface area contributed by atoms with Crippen molar-refractivity contribution in [1.82, 2.24) is 4.90 Å². The number of nitrogens with zero attached hydrogens (tertiary/aromatic N) is 2. The van der Waals surface area contributed by atoms with Crippen LogP contribution in [0, 0.1) is 46.0 Å². The Kier molecular flexibility index (Phi) is 4.15. The Hall–Kier alpha value is -2.22. The number of hydrogen-bond acceptors (Lipinski definition) is 2. The summed E-state index contributed by atoms with van der Waals surface area (Å²) in [4.78, 5) is 3.87. The topological polar surface area (TPSA) is 16.8 Å². The van der Waals surface area contributed by atoms with E-state index >= 15 is 0 Å². The first kappa shape index (κ1) is 14.8. The predicted octanol–water partition coefficient (Wildman–Crippen LogP) is 7.31. The molecule has 0 saturated carbocycles. The van der Waals surface area contributed by atoms with Crippen molar-refractivity contribution in [2.45, 2.75) is 79.5 Å². The molecule has 1 heterocycles. The Balaban J connectivity index is 2.56. The lowest BCUT2D eigenvalue weighted by atomic mass is 9.75. The third-order valence-electron chi connectivity index (χ3n) is 6.23. The average molecular weight is 446 g/mol. The highest BCUT2D eigenvalue weighted by Gasteiger charge is 2.48. The fraction of sp³-hybridized carbons (Fsp3) is 0.536. The number of aryl methyl sites for hydroxylation is 1. The minimum Gasteiger partial charge on any atom is -0.358 e.